The number of carbonyl (C=O) groups excluding carboxylic acids is 2. The Morgan fingerprint density at radius 3 is 1.83 bits per heavy atom. The molecule has 0 atom stereocenters. The van der Waals surface area contributed by atoms with Gasteiger partial charge >= 0.3 is 0 Å². The molecule has 148 valence electrons. The molecule has 4 rings (SSSR count). The average Bonchev–Trinajstić information content (AvgIpc) is 3.26. The lowest BCUT2D eigenvalue weighted by atomic mass is 10.0. The van der Waals surface area contributed by atoms with Crippen LogP contribution in [0, 0.1) is 0 Å². The minimum absolute atomic E-state index is 0.126. The molecule has 0 spiro atoms. The first kappa shape index (κ1) is 19.1. The highest BCUT2D eigenvalue weighted by molar-refractivity contribution is 7.89. The van der Waals surface area contributed by atoms with Crippen molar-refractivity contribution >= 4 is 33.2 Å². The zero-order valence-electron chi connectivity index (χ0n) is 15.7. The first-order valence-corrected chi connectivity index (χ1v) is 10.7. The Kier molecular flexibility index (Phi) is 4.81. The van der Waals surface area contributed by atoms with Gasteiger partial charge in [0.2, 0.25) is 10.0 Å². The van der Waals surface area contributed by atoms with Gasteiger partial charge in [0.15, 0.2) is 0 Å². The summed E-state index contributed by atoms with van der Waals surface area (Å²) in [6.07, 6.45) is 0.688. The summed E-state index contributed by atoms with van der Waals surface area (Å²) in [5.74, 6) is -0.734. The number of carbonyl (C=O) groups is 2. The molecule has 0 saturated carbocycles. The molecule has 7 nitrogen and oxygen atoms in total. The van der Waals surface area contributed by atoms with E-state index in [1.807, 2.05) is 37.3 Å². The highest BCUT2D eigenvalue weighted by Gasteiger charge is 2.40. The first-order chi connectivity index (χ1) is 13.9. The molecule has 8 heteroatoms. The van der Waals surface area contributed by atoms with Crippen molar-refractivity contribution in [2.24, 2.45) is 0 Å². The quantitative estimate of drug-likeness (QED) is 0.676. The van der Waals surface area contributed by atoms with Crippen molar-refractivity contribution in [3.63, 3.8) is 0 Å². The summed E-state index contributed by atoms with van der Waals surface area (Å²) in [6.45, 7) is 2.23. The molecule has 2 aliphatic rings. The van der Waals surface area contributed by atoms with Gasteiger partial charge in [-0.25, -0.2) is 13.1 Å². The number of hydrogen-bond donors (Lipinski definition) is 3. The van der Waals surface area contributed by atoms with E-state index < -0.39 is 10.0 Å². The van der Waals surface area contributed by atoms with Crippen molar-refractivity contribution in [2.45, 2.75) is 18.2 Å². The Morgan fingerprint density at radius 1 is 0.793 bits per heavy atom. The summed E-state index contributed by atoms with van der Waals surface area (Å²) >= 11 is 0. The van der Waals surface area contributed by atoms with Crippen molar-refractivity contribution in [1.82, 2.24) is 15.4 Å². The Morgan fingerprint density at radius 2 is 1.31 bits per heavy atom. The summed E-state index contributed by atoms with van der Waals surface area (Å²) in [7, 11) is -3.59. The van der Waals surface area contributed by atoms with Gasteiger partial charge in [0.05, 0.1) is 27.4 Å². The van der Waals surface area contributed by atoms with Crippen molar-refractivity contribution in [3.8, 4) is 0 Å². The van der Waals surface area contributed by atoms with Crippen LogP contribution in [-0.4, -0.2) is 26.8 Å². The lowest BCUT2D eigenvalue weighted by Gasteiger charge is -2.09. The summed E-state index contributed by atoms with van der Waals surface area (Å²) in [5.41, 5.74) is 2.72. The van der Waals surface area contributed by atoms with Gasteiger partial charge in [0.1, 0.15) is 0 Å². The topological polar surface area (TPSA) is 104 Å². The Balaban J connectivity index is 1.74. The molecular weight excluding hydrogens is 390 g/mol. The third kappa shape index (κ3) is 3.37. The molecule has 2 aliphatic heterocycles. The highest BCUT2D eigenvalue weighted by Crippen LogP contribution is 2.37. The van der Waals surface area contributed by atoms with Crippen LogP contribution in [-0.2, 0) is 19.6 Å². The minimum atomic E-state index is -3.59. The molecular formula is C21H19N3O4S. The molecule has 0 saturated heterocycles. The van der Waals surface area contributed by atoms with Gasteiger partial charge in [-0.15, -0.1) is 0 Å². The fourth-order valence-electron chi connectivity index (χ4n) is 3.34. The average molecular weight is 409 g/mol. The van der Waals surface area contributed by atoms with Gasteiger partial charge in [0, 0.05) is 6.54 Å². The van der Waals surface area contributed by atoms with Crippen LogP contribution in [0.15, 0.2) is 70.6 Å². The molecule has 0 aromatic heterocycles. The van der Waals surface area contributed by atoms with Crippen molar-refractivity contribution in [1.29, 1.82) is 0 Å². The van der Waals surface area contributed by atoms with E-state index in [9.17, 15) is 18.0 Å². The summed E-state index contributed by atoms with van der Waals surface area (Å²) < 4.78 is 27.0. The third-order valence-corrected chi connectivity index (χ3v) is 6.22. The third-order valence-electron chi connectivity index (χ3n) is 4.74. The second-order valence-electron chi connectivity index (χ2n) is 6.70. The van der Waals surface area contributed by atoms with Crippen LogP contribution in [0.25, 0.3) is 11.4 Å². The van der Waals surface area contributed by atoms with E-state index in [-0.39, 0.29) is 22.3 Å². The van der Waals surface area contributed by atoms with Gasteiger partial charge in [-0.1, -0.05) is 49.4 Å². The van der Waals surface area contributed by atoms with Crippen LogP contribution in [0.5, 0.6) is 0 Å². The Bertz CT molecular complexity index is 1160. The number of rotatable bonds is 6. The van der Waals surface area contributed by atoms with Gasteiger partial charge in [-0.3, -0.25) is 9.59 Å². The van der Waals surface area contributed by atoms with Crippen LogP contribution in [0.4, 0.5) is 0 Å². The molecule has 0 bridgehead atoms. The lowest BCUT2D eigenvalue weighted by molar-refractivity contribution is -0.117. The van der Waals surface area contributed by atoms with Gasteiger partial charge < -0.3 is 10.6 Å². The predicted molar refractivity (Wildman–Crippen MR) is 108 cm³/mol. The molecule has 2 aromatic rings. The van der Waals surface area contributed by atoms with Crippen LogP contribution in [0.1, 0.15) is 24.5 Å². The number of amides is 2. The SMILES string of the molecule is CCCNS(=O)(=O)c1ccc(C2=C3C(=O)NC(c4ccccc4)=C3C(=O)N2)cc1. The number of fused-ring (bicyclic) bond motifs is 1. The predicted octanol–water partition coefficient (Wildman–Crippen LogP) is 1.76. The number of sulfonamides is 1. The maximum atomic E-state index is 12.6. The summed E-state index contributed by atoms with van der Waals surface area (Å²) in [5, 5.41) is 5.53. The highest BCUT2D eigenvalue weighted by atomic mass is 32.2. The van der Waals surface area contributed by atoms with Crippen molar-refractivity contribution in [2.75, 3.05) is 6.54 Å². The fraction of sp³-hybridized carbons (Fsp3) is 0.143. The van der Waals surface area contributed by atoms with Gasteiger partial charge in [-0.05, 0) is 29.7 Å². The van der Waals surface area contributed by atoms with E-state index in [1.165, 1.54) is 12.1 Å². The van der Waals surface area contributed by atoms with Crippen LogP contribution >= 0.6 is 0 Å². The Hall–Kier alpha value is -3.23. The molecule has 3 N–H and O–H groups in total. The molecule has 29 heavy (non-hydrogen) atoms. The molecule has 0 unspecified atom stereocenters. The zero-order chi connectivity index (χ0) is 20.6. The largest absolute Gasteiger partial charge is 0.321 e. The lowest BCUT2D eigenvalue weighted by Crippen LogP contribution is -2.24. The van der Waals surface area contributed by atoms with Crippen LogP contribution < -0.4 is 15.4 Å². The Labute approximate surface area is 168 Å². The number of hydrogen-bond acceptors (Lipinski definition) is 4. The maximum absolute atomic E-state index is 12.6. The van der Waals surface area contributed by atoms with Crippen LogP contribution in [0.3, 0.4) is 0 Å². The second-order valence-corrected chi connectivity index (χ2v) is 8.46. The number of benzene rings is 2. The maximum Gasteiger partial charge on any atom is 0.258 e. The summed E-state index contributed by atoms with van der Waals surface area (Å²) in [4.78, 5) is 25.3. The first-order valence-electron chi connectivity index (χ1n) is 9.19. The molecule has 0 fully saturated rings. The van der Waals surface area contributed by atoms with Gasteiger partial charge in [-0.2, -0.15) is 0 Å². The second kappa shape index (κ2) is 7.31. The zero-order valence-corrected chi connectivity index (χ0v) is 16.5. The standard InChI is InChI=1S/C21H19N3O4S/c1-2-12-22-29(27,28)15-10-8-14(9-11-15)19-17-16(20(25)24-19)18(23-21(17)26)13-6-4-3-5-7-13/h3-11,22H,2,12H2,1H3,(H,23,26)(H,24,25). The van der Waals surface area contributed by atoms with E-state index in [4.69, 9.17) is 0 Å². The normalized spacial score (nSPS) is 16.2. The van der Waals surface area contributed by atoms with E-state index in [1.54, 1.807) is 12.1 Å². The van der Waals surface area contributed by atoms with Crippen LogP contribution in [0.2, 0.25) is 0 Å². The molecule has 2 amide bonds. The van der Waals surface area contributed by atoms with E-state index in [0.29, 0.717) is 35.5 Å². The number of nitrogens with one attached hydrogen (secondary N) is 3. The van der Waals surface area contributed by atoms with Gasteiger partial charge in [0.25, 0.3) is 11.8 Å². The minimum Gasteiger partial charge on any atom is -0.321 e. The fourth-order valence-corrected chi connectivity index (χ4v) is 4.47. The van der Waals surface area contributed by atoms with Crippen molar-refractivity contribution < 1.29 is 18.0 Å². The summed E-state index contributed by atoms with van der Waals surface area (Å²) in [6, 6.07) is 15.2. The smallest absolute Gasteiger partial charge is 0.258 e. The molecule has 0 aliphatic carbocycles. The monoisotopic (exact) mass is 409 g/mol. The van der Waals surface area contributed by atoms with E-state index in [0.717, 1.165) is 5.56 Å². The molecule has 2 heterocycles. The van der Waals surface area contributed by atoms with E-state index >= 15 is 0 Å². The molecule has 0 radical (unpaired) electrons. The van der Waals surface area contributed by atoms with Crippen molar-refractivity contribution in [3.05, 3.63) is 76.9 Å². The molecule has 2 aromatic carbocycles. The van der Waals surface area contributed by atoms with E-state index in [2.05, 4.69) is 15.4 Å².